The molecule has 6 heteroatoms. The van der Waals surface area contributed by atoms with Crippen LogP contribution in [0.5, 0.6) is 11.5 Å². The predicted octanol–water partition coefficient (Wildman–Crippen LogP) is 2.16. The van der Waals surface area contributed by atoms with E-state index in [1.807, 2.05) is 0 Å². The maximum atomic E-state index is 11.9. The van der Waals surface area contributed by atoms with Gasteiger partial charge in [0.2, 0.25) is 0 Å². The zero-order chi connectivity index (χ0) is 14.5. The van der Waals surface area contributed by atoms with E-state index in [1.165, 1.54) is 19.2 Å². The number of carbonyl (C=O) groups excluding carboxylic acids is 2. The van der Waals surface area contributed by atoms with Crippen molar-refractivity contribution in [2.45, 2.75) is 12.8 Å². The lowest BCUT2D eigenvalue weighted by Crippen LogP contribution is -2.32. The van der Waals surface area contributed by atoms with Gasteiger partial charge >= 0.3 is 0 Å². The van der Waals surface area contributed by atoms with Gasteiger partial charge in [-0.15, -0.1) is 0 Å². The van der Waals surface area contributed by atoms with Crippen molar-refractivity contribution in [3.05, 3.63) is 22.7 Å². The molecule has 1 aliphatic rings. The fourth-order valence-electron chi connectivity index (χ4n) is 2.14. The summed E-state index contributed by atoms with van der Waals surface area (Å²) >= 11 is 6.05. The molecule has 1 aromatic rings. The Bertz CT molecular complexity index is 512. The second-order valence-electron chi connectivity index (χ2n) is 4.53. The SMILES string of the molecule is COc1cc(C=O)cc(Cl)c1OCC(=O)N1CCCC1. The Hall–Kier alpha value is -1.75. The topological polar surface area (TPSA) is 55.8 Å². The minimum atomic E-state index is -0.0868. The van der Waals surface area contributed by atoms with Crippen LogP contribution in [-0.4, -0.2) is 43.9 Å². The summed E-state index contributed by atoms with van der Waals surface area (Å²) in [5.74, 6) is 0.557. The normalized spacial score (nSPS) is 14.2. The number of aldehydes is 1. The summed E-state index contributed by atoms with van der Waals surface area (Å²) in [5, 5.41) is 0.251. The van der Waals surface area contributed by atoms with E-state index in [4.69, 9.17) is 21.1 Å². The highest BCUT2D eigenvalue weighted by Crippen LogP contribution is 2.36. The van der Waals surface area contributed by atoms with Crippen LogP contribution in [0.2, 0.25) is 5.02 Å². The zero-order valence-corrected chi connectivity index (χ0v) is 12.0. The summed E-state index contributed by atoms with van der Waals surface area (Å²) in [6, 6.07) is 3.00. The maximum Gasteiger partial charge on any atom is 0.260 e. The Morgan fingerprint density at radius 1 is 1.40 bits per heavy atom. The Morgan fingerprint density at radius 2 is 2.10 bits per heavy atom. The summed E-state index contributed by atoms with van der Waals surface area (Å²) in [4.78, 5) is 24.4. The average Bonchev–Trinajstić information content (AvgIpc) is 2.99. The van der Waals surface area contributed by atoms with Gasteiger partial charge in [0.25, 0.3) is 5.91 Å². The Labute approximate surface area is 122 Å². The maximum absolute atomic E-state index is 11.9. The van der Waals surface area contributed by atoms with Crippen LogP contribution in [0.15, 0.2) is 12.1 Å². The first-order valence-electron chi connectivity index (χ1n) is 6.39. The van der Waals surface area contributed by atoms with Crippen LogP contribution in [0.25, 0.3) is 0 Å². The fraction of sp³-hybridized carbons (Fsp3) is 0.429. The molecule has 1 heterocycles. The molecule has 0 unspecified atom stereocenters. The van der Waals surface area contributed by atoms with E-state index in [2.05, 4.69) is 0 Å². The Morgan fingerprint density at radius 3 is 2.70 bits per heavy atom. The molecule has 1 fully saturated rings. The van der Waals surface area contributed by atoms with E-state index in [1.54, 1.807) is 4.90 Å². The first-order valence-corrected chi connectivity index (χ1v) is 6.76. The lowest BCUT2D eigenvalue weighted by atomic mass is 10.2. The van der Waals surface area contributed by atoms with Gasteiger partial charge in [-0.2, -0.15) is 0 Å². The molecule has 0 aromatic heterocycles. The van der Waals surface area contributed by atoms with Gasteiger partial charge < -0.3 is 14.4 Å². The number of methoxy groups -OCH3 is 1. The van der Waals surface area contributed by atoms with E-state index >= 15 is 0 Å². The summed E-state index contributed by atoms with van der Waals surface area (Å²) in [5.41, 5.74) is 0.394. The van der Waals surface area contributed by atoms with Crippen LogP contribution >= 0.6 is 11.6 Å². The number of likely N-dealkylation sites (tertiary alicyclic amines) is 1. The molecular weight excluding hydrogens is 282 g/mol. The van der Waals surface area contributed by atoms with Gasteiger partial charge in [0.15, 0.2) is 18.1 Å². The molecule has 1 amide bonds. The first-order chi connectivity index (χ1) is 9.65. The number of hydrogen-bond acceptors (Lipinski definition) is 4. The van der Waals surface area contributed by atoms with Crippen molar-refractivity contribution in [3.63, 3.8) is 0 Å². The zero-order valence-electron chi connectivity index (χ0n) is 11.2. The molecule has 0 atom stereocenters. The Kier molecular flexibility index (Phi) is 4.84. The van der Waals surface area contributed by atoms with Crippen molar-refractivity contribution < 1.29 is 19.1 Å². The lowest BCUT2D eigenvalue weighted by molar-refractivity contribution is -0.132. The molecule has 108 valence electrons. The molecule has 20 heavy (non-hydrogen) atoms. The minimum absolute atomic E-state index is 0.0694. The molecule has 0 aliphatic carbocycles. The van der Waals surface area contributed by atoms with Gasteiger partial charge in [-0.3, -0.25) is 9.59 Å². The molecular formula is C14H16ClNO4. The summed E-state index contributed by atoms with van der Waals surface area (Å²) < 4.78 is 10.6. The average molecular weight is 298 g/mol. The van der Waals surface area contributed by atoms with Gasteiger partial charge in [-0.25, -0.2) is 0 Å². The molecule has 1 aromatic carbocycles. The highest BCUT2D eigenvalue weighted by Gasteiger charge is 2.20. The molecule has 0 N–H and O–H groups in total. The van der Waals surface area contributed by atoms with Crippen LogP contribution in [0, 0.1) is 0 Å². The van der Waals surface area contributed by atoms with Crippen molar-refractivity contribution >= 4 is 23.8 Å². The van der Waals surface area contributed by atoms with Crippen molar-refractivity contribution in [1.29, 1.82) is 0 Å². The third-order valence-corrected chi connectivity index (χ3v) is 3.47. The van der Waals surface area contributed by atoms with E-state index in [0.29, 0.717) is 17.6 Å². The number of rotatable bonds is 5. The lowest BCUT2D eigenvalue weighted by Gasteiger charge is -2.17. The molecule has 1 saturated heterocycles. The van der Waals surface area contributed by atoms with Gasteiger partial charge in [-0.1, -0.05) is 11.6 Å². The minimum Gasteiger partial charge on any atom is -0.493 e. The Balaban J connectivity index is 2.08. The van der Waals surface area contributed by atoms with Crippen molar-refractivity contribution in [1.82, 2.24) is 4.90 Å². The highest BCUT2D eigenvalue weighted by atomic mass is 35.5. The summed E-state index contributed by atoms with van der Waals surface area (Å²) in [7, 11) is 1.45. The van der Waals surface area contributed by atoms with Gasteiger partial charge in [0, 0.05) is 18.7 Å². The number of ether oxygens (including phenoxy) is 2. The van der Waals surface area contributed by atoms with E-state index in [-0.39, 0.29) is 23.3 Å². The molecule has 0 spiro atoms. The second-order valence-corrected chi connectivity index (χ2v) is 4.94. The van der Waals surface area contributed by atoms with Crippen LogP contribution in [0.4, 0.5) is 0 Å². The van der Waals surface area contributed by atoms with Crippen molar-refractivity contribution in [2.24, 2.45) is 0 Å². The number of benzene rings is 1. The quantitative estimate of drug-likeness (QED) is 0.782. The van der Waals surface area contributed by atoms with E-state index in [9.17, 15) is 9.59 Å². The van der Waals surface area contributed by atoms with Crippen LogP contribution < -0.4 is 9.47 Å². The van der Waals surface area contributed by atoms with Gasteiger partial charge in [-0.05, 0) is 25.0 Å². The van der Waals surface area contributed by atoms with Crippen LogP contribution in [0.1, 0.15) is 23.2 Å². The fourth-order valence-corrected chi connectivity index (χ4v) is 2.41. The van der Waals surface area contributed by atoms with Crippen molar-refractivity contribution in [3.8, 4) is 11.5 Å². The largest absolute Gasteiger partial charge is 0.493 e. The second kappa shape index (κ2) is 6.61. The molecule has 0 bridgehead atoms. The number of nitrogens with zero attached hydrogens (tertiary/aromatic N) is 1. The summed E-state index contributed by atoms with van der Waals surface area (Å²) in [6.45, 7) is 1.46. The third-order valence-electron chi connectivity index (χ3n) is 3.19. The molecule has 1 aliphatic heterocycles. The molecule has 5 nitrogen and oxygen atoms in total. The van der Waals surface area contributed by atoms with Crippen molar-refractivity contribution in [2.75, 3.05) is 26.8 Å². The highest BCUT2D eigenvalue weighted by molar-refractivity contribution is 6.32. The van der Waals surface area contributed by atoms with Gasteiger partial charge in [0.1, 0.15) is 6.29 Å². The predicted molar refractivity (Wildman–Crippen MR) is 74.7 cm³/mol. The standard InChI is InChI=1S/C14H16ClNO4/c1-19-12-7-10(8-17)6-11(15)14(12)20-9-13(18)16-4-2-3-5-16/h6-8H,2-5,9H2,1H3. The summed E-state index contributed by atoms with van der Waals surface area (Å²) in [6.07, 6.45) is 2.74. The van der Waals surface area contributed by atoms with E-state index in [0.717, 1.165) is 25.9 Å². The van der Waals surface area contributed by atoms with Crippen LogP contribution in [-0.2, 0) is 4.79 Å². The molecule has 0 radical (unpaired) electrons. The monoisotopic (exact) mass is 297 g/mol. The number of halogens is 1. The van der Waals surface area contributed by atoms with Crippen LogP contribution in [0.3, 0.4) is 0 Å². The number of carbonyl (C=O) groups is 2. The van der Waals surface area contributed by atoms with E-state index < -0.39 is 0 Å². The van der Waals surface area contributed by atoms with Gasteiger partial charge in [0.05, 0.1) is 12.1 Å². The molecule has 0 saturated carbocycles. The third kappa shape index (κ3) is 3.22. The number of amides is 1. The number of hydrogen-bond donors (Lipinski definition) is 0. The first kappa shape index (κ1) is 14.7. The molecule has 2 rings (SSSR count). The smallest absolute Gasteiger partial charge is 0.260 e.